The number of nitrogens with zero attached hydrogens (tertiary/aromatic N) is 1. The summed E-state index contributed by atoms with van der Waals surface area (Å²) in [6.45, 7) is 1.38. The van der Waals surface area contributed by atoms with Gasteiger partial charge in [-0.1, -0.05) is 0 Å². The van der Waals surface area contributed by atoms with Crippen LogP contribution in [-0.4, -0.2) is 25.3 Å². The van der Waals surface area contributed by atoms with E-state index in [-0.39, 0.29) is 0 Å². The highest BCUT2D eigenvalue weighted by Gasteiger charge is 1.94. The third kappa shape index (κ3) is 4.24. The zero-order valence-electron chi connectivity index (χ0n) is 7.50. The van der Waals surface area contributed by atoms with E-state index in [9.17, 15) is 0 Å². The summed E-state index contributed by atoms with van der Waals surface area (Å²) < 4.78 is 11.2. The first-order valence-electron chi connectivity index (χ1n) is 4.05. The van der Waals surface area contributed by atoms with Crippen molar-refractivity contribution in [2.45, 2.75) is 6.42 Å². The molecule has 0 amide bonds. The number of ether oxygens (including phenoxy) is 2. The number of hydrogen-bond acceptors (Lipinski definition) is 3. The van der Waals surface area contributed by atoms with Crippen molar-refractivity contribution in [1.29, 1.82) is 0 Å². The molecule has 0 radical (unpaired) electrons. The van der Waals surface area contributed by atoms with Crippen LogP contribution in [0.2, 0.25) is 0 Å². The number of pyridine rings is 1. The molecule has 0 atom stereocenters. The average Bonchev–Trinajstić information content (AvgIpc) is 2.13. The fourth-order valence-corrected chi connectivity index (χ4v) is 1.21. The molecule has 3 nitrogen and oxygen atoms in total. The van der Waals surface area contributed by atoms with Crippen LogP contribution in [0, 0.1) is 0 Å². The number of hydrogen-bond donors (Lipinski definition) is 0. The Hall–Kier alpha value is -0.610. The smallest absolute Gasteiger partial charge is 0.138 e. The molecule has 1 heterocycles. The van der Waals surface area contributed by atoms with Gasteiger partial charge in [0.15, 0.2) is 0 Å². The van der Waals surface area contributed by atoms with Crippen LogP contribution in [0.3, 0.4) is 0 Å². The summed E-state index contributed by atoms with van der Waals surface area (Å²) >= 11 is 3.32. The molecule has 0 unspecified atom stereocenters. The van der Waals surface area contributed by atoms with Crippen molar-refractivity contribution in [1.82, 2.24) is 4.98 Å². The first-order chi connectivity index (χ1) is 6.33. The SMILES string of the molecule is COCCCOc1cncc(Br)c1. The van der Waals surface area contributed by atoms with Gasteiger partial charge >= 0.3 is 0 Å². The molecule has 0 spiro atoms. The van der Waals surface area contributed by atoms with E-state index in [2.05, 4.69) is 20.9 Å². The Morgan fingerprint density at radius 3 is 2.92 bits per heavy atom. The average molecular weight is 246 g/mol. The largest absolute Gasteiger partial charge is 0.492 e. The van der Waals surface area contributed by atoms with Crippen LogP contribution < -0.4 is 4.74 Å². The number of halogens is 1. The minimum atomic E-state index is 0.659. The third-order valence-corrected chi connectivity index (χ3v) is 1.87. The van der Waals surface area contributed by atoms with Crippen LogP contribution in [0.15, 0.2) is 22.9 Å². The van der Waals surface area contributed by atoms with Crippen molar-refractivity contribution >= 4 is 15.9 Å². The summed E-state index contributed by atoms with van der Waals surface area (Å²) in [4.78, 5) is 3.98. The van der Waals surface area contributed by atoms with Gasteiger partial charge in [-0.05, 0) is 22.0 Å². The van der Waals surface area contributed by atoms with Crippen LogP contribution >= 0.6 is 15.9 Å². The van der Waals surface area contributed by atoms with Gasteiger partial charge in [0.1, 0.15) is 5.75 Å². The Morgan fingerprint density at radius 2 is 2.23 bits per heavy atom. The highest BCUT2D eigenvalue weighted by molar-refractivity contribution is 9.10. The fraction of sp³-hybridized carbons (Fsp3) is 0.444. The predicted octanol–water partition coefficient (Wildman–Crippen LogP) is 2.26. The van der Waals surface area contributed by atoms with E-state index < -0.39 is 0 Å². The molecule has 0 aliphatic carbocycles. The minimum Gasteiger partial charge on any atom is -0.492 e. The second-order valence-corrected chi connectivity index (χ2v) is 3.45. The van der Waals surface area contributed by atoms with E-state index in [1.807, 2.05) is 6.07 Å². The molecular weight excluding hydrogens is 234 g/mol. The summed E-state index contributed by atoms with van der Waals surface area (Å²) in [5.74, 6) is 0.783. The molecule has 0 aliphatic heterocycles. The minimum absolute atomic E-state index is 0.659. The Labute approximate surface area is 86.2 Å². The van der Waals surface area contributed by atoms with Gasteiger partial charge in [-0.25, -0.2) is 0 Å². The van der Waals surface area contributed by atoms with Crippen molar-refractivity contribution in [2.75, 3.05) is 20.3 Å². The molecule has 0 aromatic carbocycles. The Balaban J connectivity index is 2.28. The quantitative estimate of drug-likeness (QED) is 0.747. The summed E-state index contributed by atoms with van der Waals surface area (Å²) in [7, 11) is 1.68. The number of rotatable bonds is 5. The second-order valence-electron chi connectivity index (χ2n) is 2.53. The van der Waals surface area contributed by atoms with E-state index in [1.165, 1.54) is 0 Å². The standard InChI is InChI=1S/C9H12BrNO2/c1-12-3-2-4-13-9-5-8(10)6-11-7-9/h5-7H,2-4H2,1H3. The van der Waals surface area contributed by atoms with Crippen LogP contribution in [-0.2, 0) is 4.74 Å². The van der Waals surface area contributed by atoms with Crippen LogP contribution in [0.1, 0.15) is 6.42 Å². The molecular formula is C9H12BrNO2. The number of methoxy groups -OCH3 is 1. The van der Waals surface area contributed by atoms with Gasteiger partial charge < -0.3 is 9.47 Å². The Kier molecular flexibility index (Phi) is 4.78. The third-order valence-electron chi connectivity index (χ3n) is 1.44. The zero-order chi connectivity index (χ0) is 9.52. The highest BCUT2D eigenvalue weighted by Crippen LogP contribution is 2.15. The summed E-state index contributed by atoms with van der Waals surface area (Å²) in [5.41, 5.74) is 0. The van der Waals surface area contributed by atoms with Gasteiger partial charge in [0.2, 0.25) is 0 Å². The van der Waals surface area contributed by atoms with Gasteiger partial charge in [-0.15, -0.1) is 0 Å². The van der Waals surface area contributed by atoms with Crippen LogP contribution in [0.5, 0.6) is 5.75 Å². The summed E-state index contributed by atoms with van der Waals surface area (Å²) in [6, 6.07) is 1.89. The molecule has 0 fully saturated rings. The maximum Gasteiger partial charge on any atom is 0.138 e. The fourth-order valence-electron chi connectivity index (χ4n) is 0.865. The van der Waals surface area contributed by atoms with Gasteiger partial charge in [-0.2, -0.15) is 0 Å². The van der Waals surface area contributed by atoms with Gasteiger partial charge in [0.05, 0.1) is 12.8 Å². The maximum atomic E-state index is 5.42. The van der Waals surface area contributed by atoms with E-state index in [0.717, 1.165) is 23.2 Å². The van der Waals surface area contributed by atoms with Crippen molar-refractivity contribution in [3.63, 3.8) is 0 Å². The number of aromatic nitrogens is 1. The molecule has 1 aromatic rings. The van der Waals surface area contributed by atoms with Crippen molar-refractivity contribution in [3.05, 3.63) is 22.9 Å². The zero-order valence-corrected chi connectivity index (χ0v) is 9.08. The molecule has 0 saturated heterocycles. The van der Waals surface area contributed by atoms with Crippen molar-refractivity contribution in [3.8, 4) is 5.75 Å². The Morgan fingerprint density at radius 1 is 1.38 bits per heavy atom. The monoisotopic (exact) mass is 245 g/mol. The molecule has 0 aliphatic rings. The van der Waals surface area contributed by atoms with Crippen molar-refractivity contribution in [2.24, 2.45) is 0 Å². The predicted molar refractivity (Wildman–Crippen MR) is 53.9 cm³/mol. The molecule has 0 N–H and O–H groups in total. The first kappa shape index (κ1) is 10.5. The lowest BCUT2D eigenvalue weighted by Crippen LogP contribution is -2.01. The molecule has 1 rings (SSSR count). The topological polar surface area (TPSA) is 31.4 Å². The van der Waals surface area contributed by atoms with Gasteiger partial charge in [0.25, 0.3) is 0 Å². The van der Waals surface area contributed by atoms with E-state index in [4.69, 9.17) is 9.47 Å². The lowest BCUT2D eigenvalue weighted by atomic mass is 10.4. The molecule has 72 valence electrons. The molecule has 0 bridgehead atoms. The first-order valence-corrected chi connectivity index (χ1v) is 4.84. The van der Waals surface area contributed by atoms with Crippen LogP contribution in [0.25, 0.3) is 0 Å². The highest BCUT2D eigenvalue weighted by atomic mass is 79.9. The van der Waals surface area contributed by atoms with E-state index in [1.54, 1.807) is 19.5 Å². The van der Waals surface area contributed by atoms with Gasteiger partial charge in [-0.3, -0.25) is 4.98 Å². The summed E-state index contributed by atoms with van der Waals surface area (Å²) in [5, 5.41) is 0. The van der Waals surface area contributed by atoms with E-state index >= 15 is 0 Å². The summed E-state index contributed by atoms with van der Waals surface area (Å²) in [6.07, 6.45) is 4.31. The second kappa shape index (κ2) is 5.94. The molecule has 0 saturated carbocycles. The van der Waals surface area contributed by atoms with Gasteiger partial charge in [0, 0.05) is 30.8 Å². The molecule has 1 aromatic heterocycles. The van der Waals surface area contributed by atoms with Crippen LogP contribution in [0.4, 0.5) is 0 Å². The lowest BCUT2D eigenvalue weighted by molar-refractivity contribution is 0.172. The Bertz CT molecular complexity index is 255. The van der Waals surface area contributed by atoms with Crippen molar-refractivity contribution < 1.29 is 9.47 Å². The van der Waals surface area contributed by atoms with E-state index in [0.29, 0.717) is 6.61 Å². The lowest BCUT2D eigenvalue weighted by Gasteiger charge is -2.04. The molecule has 13 heavy (non-hydrogen) atoms. The maximum absolute atomic E-state index is 5.42. The molecule has 4 heteroatoms. The normalized spacial score (nSPS) is 10.0.